The Morgan fingerprint density at radius 3 is 2.70 bits per heavy atom. The molecule has 2 heterocycles. The average Bonchev–Trinajstić information content (AvgIpc) is 2.82. The number of carbonyl (C=O) groups excluding carboxylic acids is 2. The Morgan fingerprint density at radius 2 is 2.15 bits per heavy atom. The topological polar surface area (TPSA) is 62.3 Å². The van der Waals surface area contributed by atoms with Crippen LogP contribution in [-0.4, -0.2) is 34.3 Å². The smallest absolute Gasteiger partial charge is 0.225 e. The molecule has 1 fully saturated rings. The van der Waals surface area contributed by atoms with Crippen LogP contribution in [0.2, 0.25) is 0 Å². The minimum absolute atomic E-state index is 0.0608. The van der Waals surface area contributed by atoms with E-state index in [1.807, 2.05) is 39.0 Å². The van der Waals surface area contributed by atoms with Crippen molar-refractivity contribution in [3.05, 3.63) is 30.1 Å². The number of hydrogen-bond donors (Lipinski definition) is 1. The van der Waals surface area contributed by atoms with Crippen molar-refractivity contribution < 1.29 is 9.59 Å². The molecule has 5 nitrogen and oxygen atoms in total. The SMILES string of the molecule is CC(NC(=O)C1CC(=O)N(C(C)C)C1)c1ccccn1. The van der Waals surface area contributed by atoms with Gasteiger partial charge in [0.1, 0.15) is 0 Å². The molecule has 0 aromatic carbocycles. The highest BCUT2D eigenvalue weighted by atomic mass is 16.2. The lowest BCUT2D eigenvalue weighted by Crippen LogP contribution is -2.36. The molecule has 0 bridgehead atoms. The third-order valence-corrected chi connectivity index (χ3v) is 3.64. The molecular formula is C15H21N3O2. The molecule has 0 saturated carbocycles. The van der Waals surface area contributed by atoms with E-state index in [-0.39, 0.29) is 29.8 Å². The Labute approximate surface area is 119 Å². The van der Waals surface area contributed by atoms with Crippen LogP contribution < -0.4 is 5.32 Å². The van der Waals surface area contributed by atoms with E-state index in [0.717, 1.165) is 5.69 Å². The van der Waals surface area contributed by atoms with E-state index >= 15 is 0 Å². The summed E-state index contributed by atoms with van der Waals surface area (Å²) in [5.74, 6) is -0.263. The maximum atomic E-state index is 12.2. The third-order valence-electron chi connectivity index (χ3n) is 3.64. The zero-order chi connectivity index (χ0) is 14.7. The predicted molar refractivity (Wildman–Crippen MR) is 75.8 cm³/mol. The summed E-state index contributed by atoms with van der Waals surface area (Å²) in [6.07, 6.45) is 2.01. The van der Waals surface area contributed by atoms with Crippen LogP contribution in [0.15, 0.2) is 24.4 Å². The molecular weight excluding hydrogens is 254 g/mol. The Hall–Kier alpha value is -1.91. The highest BCUT2D eigenvalue weighted by Crippen LogP contribution is 2.21. The molecule has 1 saturated heterocycles. The Balaban J connectivity index is 1.95. The van der Waals surface area contributed by atoms with E-state index in [2.05, 4.69) is 10.3 Å². The van der Waals surface area contributed by atoms with Crippen LogP contribution in [0.25, 0.3) is 0 Å². The van der Waals surface area contributed by atoms with E-state index in [1.165, 1.54) is 0 Å². The van der Waals surface area contributed by atoms with Crippen LogP contribution in [0, 0.1) is 5.92 Å². The molecule has 2 atom stereocenters. The van der Waals surface area contributed by atoms with Gasteiger partial charge < -0.3 is 10.2 Å². The van der Waals surface area contributed by atoms with Crippen LogP contribution in [0.3, 0.4) is 0 Å². The van der Waals surface area contributed by atoms with Gasteiger partial charge in [-0.2, -0.15) is 0 Å². The van der Waals surface area contributed by atoms with Gasteiger partial charge in [-0.3, -0.25) is 14.6 Å². The first-order valence-corrected chi connectivity index (χ1v) is 6.99. The molecule has 0 spiro atoms. The van der Waals surface area contributed by atoms with Crippen molar-refractivity contribution in [1.82, 2.24) is 15.2 Å². The number of pyridine rings is 1. The molecule has 108 valence electrons. The molecule has 1 aromatic heterocycles. The Kier molecular flexibility index (Phi) is 4.37. The first-order chi connectivity index (χ1) is 9.49. The van der Waals surface area contributed by atoms with Gasteiger partial charge in [-0.15, -0.1) is 0 Å². The van der Waals surface area contributed by atoms with Gasteiger partial charge in [-0.1, -0.05) is 6.07 Å². The highest BCUT2D eigenvalue weighted by molar-refractivity contribution is 5.89. The van der Waals surface area contributed by atoms with Crippen molar-refractivity contribution in [2.24, 2.45) is 5.92 Å². The van der Waals surface area contributed by atoms with E-state index < -0.39 is 0 Å². The van der Waals surface area contributed by atoms with Crippen LogP contribution in [0.1, 0.15) is 38.9 Å². The Bertz CT molecular complexity index is 487. The first-order valence-electron chi connectivity index (χ1n) is 6.99. The van der Waals surface area contributed by atoms with E-state index in [9.17, 15) is 9.59 Å². The molecule has 5 heteroatoms. The van der Waals surface area contributed by atoms with Crippen molar-refractivity contribution in [2.45, 2.75) is 39.3 Å². The fraction of sp³-hybridized carbons (Fsp3) is 0.533. The largest absolute Gasteiger partial charge is 0.348 e. The minimum atomic E-state index is -0.254. The lowest BCUT2D eigenvalue weighted by atomic mass is 10.1. The number of likely N-dealkylation sites (tertiary alicyclic amines) is 1. The molecule has 1 aromatic rings. The monoisotopic (exact) mass is 275 g/mol. The van der Waals surface area contributed by atoms with Crippen LogP contribution in [0.5, 0.6) is 0 Å². The maximum absolute atomic E-state index is 12.2. The van der Waals surface area contributed by atoms with Gasteiger partial charge in [0.2, 0.25) is 11.8 Å². The molecule has 0 aliphatic carbocycles. The van der Waals surface area contributed by atoms with E-state index in [4.69, 9.17) is 0 Å². The van der Waals surface area contributed by atoms with Gasteiger partial charge in [0.25, 0.3) is 0 Å². The van der Waals surface area contributed by atoms with Gasteiger partial charge >= 0.3 is 0 Å². The van der Waals surface area contributed by atoms with Crippen molar-refractivity contribution in [3.63, 3.8) is 0 Å². The fourth-order valence-corrected chi connectivity index (χ4v) is 2.44. The van der Waals surface area contributed by atoms with Crippen LogP contribution >= 0.6 is 0 Å². The molecule has 2 unspecified atom stereocenters. The van der Waals surface area contributed by atoms with Gasteiger partial charge in [0.05, 0.1) is 17.7 Å². The molecule has 0 radical (unpaired) electrons. The second-order valence-electron chi connectivity index (χ2n) is 5.53. The summed E-state index contributed by atoms with van der Waals surface area (Å²) in [6.45, 7) is 6.35. The number of amides is 2. The normalized spacial score (nSPS) is 20.3. The number of nitrogens with zero attached hydrogens (tertiary/aromatic N) is 2. The van der Waals surface area contributed by atoms with Crippen molar-refractivity contribution in [2.75, 3.05) is 6.54 Å². The maximum Gasteiger partial charge on any atom is 0.225 e. The molecule has 1 aliphatic rings. The number of carbonyl (C=O) groups is 2. The number of rotatable bonds is 4. The van der Waals surface area contributed by atoms with Gasteiger partial charge in [0.15, 0.2) is 0 Å². The fourth-order valence-electron chi connectivity index (χ4n) is 2.44. The first kappa shape index (κ1) is 14.5. The predicted octanol–water partition coefficient (Wildman–Crippen LogP) is 1.52. The van der Waals surface area contributed by atoms with Gasteiger partial charge in [-0.05, 0) is 32.9 Å². The standard InChI is InChI=1S/C15H21N3O2/c1-10(2)18-9-12(8-14(18)19)15(20)17-11(3)13-6-4-5-7-16-13/h4-7,10-12H,8-9H2,1-3H3,(H,17,20). The third kappa shape index (κ3) is 3.15. The zero-order valence-corrected chi connectivity index (χ0v) is 12.2. The Morgan fingerprint density at radius 1 is 1.40 bits per heavy atom. The van der Waals surface area contributed by atoms with Crippen LogP contribution in [0.4, 0.5) is 0 Å². The van der Waals surface area contributed by atoms with E-state index in [1.54, 1.807) is 11.1 Å². The average molecular weight is 275 g/mol. The van der Waals surface area contributed by atoms with Crippen molar-refractivity contribution in [1.29, 1.82) is 0 Å². The lowest BCUT2D eigenvalue weighted by Gasteiger charge is -2.21. The zero-order valence-electron chi connectivity index (χ0n) is 12.2. The number of hydrogen-bond acceptors (Lipinski definition) is 3. The summed E-state index contributed by atoms with van der Waals surface area (Å²) in [6, 6.07) is 5.62. The minimum Gasteiger partial charge on any atom is -0.348 e. The molecule has 20 heavy (non-hydrogen) atoms. The summed E-state index contributed by atoms with van der Waals surface area (Å²) in [5, 5.41) is 2.94. The van der Waals surface area contributed by atoms with Crippen molar-refractivity contribution in [3.8, 4) is 0 Å². The van der Waals surface area contributed by atoms with E-state index in [0.29, 0.717) is 13.0 Å². The number of nitrogens with one attached hydrogen (secondary N) is 1. The molecule has 1 N–H and O–H groups in total. The summed E-state index contributed by atoms with van der Waals surface area (Å²) >= 11 is 0. The summed E-state index contributed by atoms with van der Waals surface area (Å²) in [5.41, 5.74) is 0.825. The van der Waals surface area contributed by atoms with Crippen molar-refractivity contribution >= 4 is 11.8 Å². The second-order valence-corrected chi connectivity index (χ2v) is 5.53. The van der Waals surface area contributed by atoms with Gasteiger partial charge in [-0.25, -0.2) is 0 Å². The van der Waals surface area contributed by atoms with Gasteiger partial charge in [0, 0.05) is 25.2 Å². The van der Waals surface area contributed by atoms with Crippen LogP contribution in [-0.2, 0) is 9.59 Å². The number of aromatic nitrogens is 1. The summed E-state index contributed by atoms with van der Waals surface area (Å²) < 4.78 is 0. The molecule has 1 aliphatic heterocycles. The quantitative estimate of drug-likeness (QED) is 0.906. The summed E-state index contributed by atoms with van der Waals surface area (Å²) in [7, 11) is 0. The molecule has 2 amide bonds. The molecule has 2 rings (SSSR count). The highest BCUT2D eigenvalue weighted by Gasteiger charge is 2.35. The summed E-state index contributed by atoms with van der Waals surface area (Å²) in [4.78, 5) is 30.0. The second kappa shape index (κ2) is 6.03. The lowest BCUT2D eigenvalue weighted by molar-refractivity contribution is -0.130.